The van der Waals surface area contributed by atoms with Gasteiger partial charge in [0.05, 0.1) is 9.92 Å². The minimum atomic E-state index is -3.45. The van der Waals surface area contributed by atoms with Crippen LogP contribution < -0.4 is 11.3 Å². The van der Waals surface area contributed by atoms with Gasteiger partial charge < -0.3 is 0 Å². The van der Waals surface area contributed by atoms with Gasteiger partial charge in [0.2, 0.25) is 0 Å². The van der Waals surface area contributed by atoms with Gasteiger partial charge in [-0.1, -0.05) is 11.6 Å². The van der Waals surface area contributed by atoms with Gasteiger partial charge in [0, 0.05) is 11.8 Å². The quantitative estimate of drug-likeness (QED) is 0.449. The maximum atomic E-state index is 11.3. The van der Waals surface area contributed by atoms with Crippen LogP contribution in [0.5, 0.6) is 0 Å². The van der Waals surface area contributed by atoms with Crippen molar-refractivity contribution in [1.29, 1.82) is 0 Å². The Morgan fingerprint density at radius 3 is 2.53 bits per heavy atom. The maximum absolute atomic E-state index is 11.3. The van der Waals surface area contributed by atoms with Gasteiger partial charge in [-0.15, -0.1) is 0 Å². The zero-order valence-electron chi connectivity index (χ0n) is 7.82. The number of hydrazine groups is 1. The molecule has 0 heterocycles. The maximum Gasteiger partial charge on any atom is 0.265 e. The molecule has 0 aliphatic heterocycles. The van der Waals surface area contributed by atoms with Crippen molar-refractivity contribution in [3.63, 3.8) is 0 Å². The van der Waals surface area contributed by atoms with E-state index in [1.54, 1.807) is 0 Å². The number of rotatable bonds is 2. The van der Waals surface area contributed by atoms with Gasteiger partial charge in [-0.05, 0) is 18.2 Å². The van der Waals surface area contributed by atoms with Crippen molar-refractivity contribution in [3.8, 4) is 0 Å². The number of amides is 1. The molecule has 0 aliphatic carbocycles. The van der Waals surface area contributed by atoms with Crippen LogP contribution in [0.2, 0.25) is 5.02 Å². The highest BCUT2D eigenvalue weighted by Crippen LogP contribution is 2.22. The smallest absolute Gasteiger partial charge is 0.265 e. The molecule has 0 atom stereocenters. The molecule has 82 valence electrons. The highest BCUT2D eigenvalue weighted by molar-refractivity contribution is 7.90. The summed E-state index contributed by atoms with van der Waals surface area (Å²) in [5.41, 5.74) is 2.04. The normalized spacial score (nSPS) is 11.1. The summed E-state index contributed by atoms with van der Waals surface area (Å²) in [4.78, 5) is 11.0. The minimum Gasteiger partial charge on any atom is -0.290 e. The SMILES string of the molecule is CS(=O)(=O)c1cc(C(=O)NN)ccc1Cl. The highest BCUT2D eigenvalue weighted by Gasteiger charge is 2.15. The average Bonchev–Trinajstić information content (AvgIpc) is 2.15. The predicted molar refractivity (Wildman–Crippen MR) is 56.2 cm³/mol. The van der Waals surface area contributed by atoms with E-state index in [0.29, 0.717) is 0 Å². The highest BCUT2D eigenvalue weighted by atomic mass is 35.5. The molecule has 7 heteroatoms. The number of benzene rings is 1. The molecular formula is C8H9ClN2O3S. The Hall–Kier alpha value is -1.11. The molecule has 1 aromatic carbocycles. The molecule has 0 saturated heterocycles. The topological polar surface area (TPSA) is 89.3 Å². The summed E-state index contributed by atoms with van der Waals surface area (Å²) < 4.78 is 22.5. The molecule has 0 saturated carbocycles. The van der Waals surface area contributed by atoms with Crippen molar-refractivity contribution in [2.45, 2.75) is 4.90 Å². The third-order valence-corrected chi connectivity index (χ3v) is 3.30. The number of hydrogen-bond donors (Lipinski definition) is 2. The fourth-order valence-corrected chi connectivity index (χ4v) is 2.31. The fraction of sp³-hybridized carbons (Fsp3) is 0.125. The molecule has 5 nitrogen and oxygen atoms in total. The third-order valence-electron chi connectivity index (χ3n) is 1.72. The van der Waals surface area contributed by atoms with Crippen molar-refractivity contribution in [2.24, 2.45) is 5.84 Å². The molecule has 1 rings (SSSR count). The van der Waals surface area contributed by atoms with Crippen LogP contribution in [0.25, 0.3) is 0 Å². The van der Waals surface area contributed by atoms with Crippen LogP contribution in [0.1, 0.15) is 10.4 Å². The summed E-state index contributed by atoms with van der Waals surface area (Å²) in [5.74, 6) is 4.35. The first-order chi connectivity index (χ1) is 6.86. The Morgan fingerprint density at radius 2 is 2.07 bits per heavy atom. The van der Waals surface area contributed by atoms with Crippen LogP contribution in [-0.4, -0.2) is 20.6 Å². The van der Waals surface area contributed by atoms with E-state index in [4.69, 9.17) is 17.4 Å². The molecular weight excluding hydrogens is 240 g/mol. The van der Waals surface area contributed by atoms with Gasteiger partial charge in [0.1, 0.15) is 0 Å². The standard InChI is InChI=1S/C8H9ClN2O3S/c1-15(13,14)7-4-5(8(12)11-10)2-3-6(7)9/h2-4H,10H2,1H3,(H,11,12). The number of nitrogens with two attached hydrogens (primary N) is 1. The zero-order chi connectivity index (χ0) is 11.6. The summed E-state index contributed by atoms with van der Waals surface area (Å²) >= 11 is 5.69. The number of carbonyl (C=O) groups is 1. The molecule has 0 fully saturated rings. The van der Waals surface area contributed by atoms with Gasteiger partial charge in [-0.25, -0.2) is 14.3 Å². The van der Waals surface area contributed by atoms with E-state index >= 15 is 0 Å². The number of nitrogen functional groups attached to an aromatic ring is 1. The largest absolute Gasteiger partial charge is 0.290 e. The van der Waals surface area contributed by atoms with Crippen LogP contribution in [-0.2, 0) is 9.84 Å². The lowest BCUT2D eigenvalue weighted by Gasteiger charge is -2.04. The van der Waals surface area contributed by atoms with Crippen molar-refractivity contribution in [1.82, 2.24) is 5.43 Å². The van der Waals surface area contributed by atoms with Crippen LogP contribution in [0.4, 0.5) is 0 Å². The Kier molecular flexibility index (Phi) is 3.33. The van der Waals surface area contributed by atoms with Gasteiger partial charge in [-0.2, -0.15) is 0 Å². The second-order valence-corrected chi connectivity index (χ2v) is 5.28. The molecule has 0 aliphatic rings. The van der Waals surface area contributed by atoms with E-state index in [1.165, 1.54) is 18.2 Å². The van der Waals surface area contributed by atoms with Crippen molar-refractivity contribution in [2.75, 3.05) is 6.26 Å². The molecule has 0 radical (unpaired) electrons. The summed E-state index contributed by atoms with van der Waals surface area (Å²) in [5, 5.41) is 0.0751. The number of nitrogens with one attached hydrogen (secondary N) is 1. The molecule has 0 spiro atoms. The van der Waals surface area contributed by atoms with Crippen LogP contribution in [0, 0.1) is 0 Å². The molecule has 1 amide bonds. The van der Waals surface area contributed by atoms with E-state index < -0.39 is 15.7 Å². The van der Waals surface area contributed by atoms with Crippen molar-refractivity contribution >= 4 is 27.3 Å². The monoisotopic (exact) mass is 248 g/mol. The zero-order valence-corrected chi connectivity index (χ0v) is 9.39. The molecule has 0 bridgehead atoms. The Labute approximate surface area is 92.1 Å². The first-order valence-corrected chi connectivity index (χ1v) is 6.13. The number of halogens is 1. The van der Waals surface area contributed by atoms with Gasteiger partial charge >= 0.3 is 0 Å². The Morgan fingerprint density at radius 1 is 1.47 bits per heavy atom. The lowest BCUT2D eigenvalue weighted by atomic mass is 10.2. The Balaban J connectivity index is 3.36. The first kappa shape index (κ1) is 12.0. The third kappa shape index (κ3) is 2.68. The van der Waals surface area contributed by atoms with Crippen molar-refractivity contribution in [3.05, 3.63) is 28.8 Å². The lowest BCUT2D eigenvalue weighted by Crippen LogP contribution is -2.30. The first-order valence-electron chi connectivity index (χ1n) is 3.87. The van der Waals surface area contributed by atoms with E-state index in [-0.39, 0.29) is 15.5 Å². The minimum absolute atomic E-state index is 0.0751. The second-order valence-electron chi connectivity index (χ2n) is 2.89. The summed E-state index contributed by atoms with van der Waals surface area (Å²) in [7, 11) is -3.45. The lowest BCUT2D eigenvalue weighted by molar-refractivity contribution is 0.0953. The number of carbonyl (C=O) groups excluding carboxylic acids is 1. The Bertz CT molecular complexity index is 499. The van der Waals surface area contributed by atoms with Crippen LogP contribution in [0.3, 0.4) is 0 Å². The van der Waals surface area contributed by atoms with Gasteiger partial charge in [0.25, 0.3) is 5.91 Å². The molecule has 15 heavy (non-hydrogen) atoms. The molecule has 3 N–H and O–H groups in total. The number of hydrogen-bond acceptors (Lipinski definition) is 4. The fourth-order valence-electron chi connectivity index (χ4n) is 1.01. The molecule has 0 aromatic heterocycles. The summed E-state index contributed by atoms with van der Waals surface area (Å²) in [6.07, 6.45) is 1.01. The predicted octanol–water partition coefficient (Wildman–Crippen LogP) is 0.347. The van der Waals surface area contributed by atoms with Gasteiger partial charge in [0.15, 0.2) is 9.84 Å². The van der Waals surface area contributed by atoms with Crippen LogP contribution in [0.15, 0.2) is 23.1 Å². The molecule has 0 unspecified atom stereocenters. The van der Waals surface area contributed by atoms with E-state index in [0.717, 1.165) is 6.26 Å². The van der Waals surface area contributed by atoms with Crippen molar-refractivity contribution < 1.29 is 13.2 Å². The average molecular weight is 249 g/mol. The number of sulfone groups is 1. The summed E-state index contributed by atoms with van der Waals surface area (Å²) in [6, 6.07) is 3.90. The van der Waals surface area contributed by atoms with Crippen LogP contribution >= 0.6 is 11.6 Å². The van der Waals surface area contributed by atoms with E-state index in [9.17, 15) is 13.2 Å². The summed E-state index contributed by atoms with van der Waals surface area (Å²) in [6.45, 7) is 0. The van der Waals surface area contributed by atoms with E-state index in [2.05, 4.69) is 0 Å². The van der Waals surface area contributed by atoms with E-state index in [1.807, 2.05) is 5.43 Å². The second kappa shape index (κ2) is 4.18. The molecule has 1 aromatic rings. The van der Waals surface area contributed by atoms with Gasteiger partial charge in [-0.3, -0.25) is 10.2 Å².